The maximum absolute atomic E-state index is 8.99. The molecule has 1 N–H and O–H groups in total. The Kier molecular flexibility index (Phi) is 4.86. The number of nitriles is 1. The molecule has 0 saturated carbocycles. The molecule has 0 radical (unpaired) electrons. The van der Waals surface area contributed by atoms with E-state index in [1.807, 2.05) is 18.2 Å². The van der Waals surface area contributed by atoms with Crippen LogP contribution in [0.3, 0.4) is 0 Å². The Bertz CT molecular complexity index is 311. The summed E-state index contributed by atoms with van der Waals surface area (Å²) in [5, 5.41) is 12.2. The Labute approximate surface area is 91.9 Å². The summed E-state index contributed by atoms with van der Waals surface area (Å²) in [5.41, 5.74) is 1.21. The highest BCUT2D eigenvalue weighted by Crippen LogP contribution is 2.03. The van der Waals surface area contributed by atoms with Crippen LogP contribution in [0.1, 0.15) is 19.4 Å². The van der Waals surface area contributed by atoms with Gasteiger partial charge in [-0.1, -0.05) is 44.2 Å². The van der Waals surface area contributed by atoms with Gasteiger partial charge in [-0.25, -0.2) is 0 Å². The third-order valence-electron chi connectivity index (χ3n) is 2.21. The number of hydrogen-bond acceptors (Lipinski definition) is 2. The van der Waals surface area contributed by atoms with E-state index in [4.69, 9.17) is 5.26 Å². The van der Waals surface area contributed by atoms with Gasteiger partial charge >= 0.3 is 0 Å². The SMILES string of the molecule is CC(C)CNC(C#N)Cc1ccccc1. The zero-order valence-electron chi connectivity index (χ0n) is 9.40. The number of hydrogen-bond donors (Lipinski definition) is 1. The molecule has 1 atom stereocenters. The minimum atomic E-state index is -0.0743. The molecular weight excluding hydrogens is 184 g/mol. The number of nitrogens with zero attached hydrogens (tertiary/aromatic N) is 1. The third-order valence-corrected chi connectivity index (χ3v) is 2.21. The Hall–Kier alpha value is -1.33. The molecule has 1 aromatic rings. The van der Waals surface area contributed by atoms with E-state index in [0.29, 0.717) is 5.92 Å². The fourth-order valence-corrected chi connectivity index (χ4v) is 1.39. The smallest absolute Gasteiger partial charge is 0.0993 e. The summed E-state index contributed by atoms with van der Waals surface area (Å²) < 4.78 is 0. The molecule has 0 saturated heterocycles. The number of nitrogens with one attached hydrogen (secondary N) is 1. The molecule has 1 rings (SSSR count). The van der Waals surface area contributed by atoms with E-state index in [-0.39, 0.29) is 6.04 Å². The van der Waals surface area contributed by atoms with Crippen molar-refractivity contribution in [3.8, 4) is 6.07 Å². The first-order valence-electron chi connectivity index (χ1n) is 5.39. The van der Waals surface area contributed by atoms with Crippen molar-refractivity contribution in [3.05, 3.63) is 35.9 Å². The lowest BCUT2D eigenvalue weighted by Crippen LogP contribution is -2.32. The van der Waals surface area contributed by atoms with Crippen molar-refractivity contribution in [2.75, 3.05) is 6.54 Å². The first-order valence-corrected chi connectivity index (χ1v) is 5.39. The molecule has 0 aromatic heterocycles. The van der Waals surface area contributed by atoms with Gasteiger partial charge in [0.05, 0.1) is 12.1 Å². The molecule has 0 fully saturated rings. The van der Waals surface area contributed by atoms with Crippen molar-refractivity contribution in [3.63, 3.8) is 0 Å². The van der Waals surface area contributed by atoms with Crippen LogP contribution in [0.4, 0.5) is 0 Å². The molecule has 0 bridgehead atoms. The van der Waals surface area contributed by atoms with E-state index in [1.165, 1.54) is 5.56 Å². The van der Waals surface area contributed by atoms with Gasteiger partial charge in [0.1, 0.15) is 0 Å². The Balaban J connectivity index is 2.45. The molecule has 0 heterocycles. The van der Waals surface area contributed by atoms with E-state index in [0.717, 1.165) is 13.0 Å². The van der Waals surface area contributed by atoms with Crippen LogP contribution in [0.5, 0.6) is 0 Å². The number of rotatable bonds is 5. The van der Waals surface area contributed by atoms with Crippen LogP contribution in [0.2, 0.25) is 0 Å². The lowest BCUT2D eigenvalue weighted by Gasteiger charge is -2.13. The highest BCUT2D eigenvalue weighted by atomic mass is 14.9. The van der Waals surface area contributed by atoms with Gasteiger partial charge < -0.3 is 5.32 Å². The third kappa shape index (κ3) is 4.62. The molecule has 80 valence electrons. The summed E-state index contributed by atoms with van der Waals surface area (Å²) in [6.07, 6.45) is 0.782. The van der Waals surface area contributed by atoms with Gasteiger partial charge in [-0.15, -0.1) is 0 Å². The van der Waals surface area contributed by atoms with E-state index in [9.17, 15) is 0 Å². The molecule has 1 aromatic carbocycles. The summed E-state index contributed by atoms with van der Waals surface area (Å²) in [6.45, 7) is 5.18. The van der Waals surface area contributed by atoms with Crippen LogP contribution in [0.25, 0.3) is 0 Å². The minimum Gasteiger partial charge on any atom is -0.301 e. The summed E-state index contributed by atoms with van der Waals surface area (Å²) >= 11 is 0. The van der Waals surface area contributed by atoms with Gasteiger partial charge in [0.15, 0.2) is 0 Å². The molecule has 2 heteroatoms. The molecular formula is C13H18N2. The second-order valence-corrected chi connectivity index (χ2v) is 4.17. The van der Waals surface area contributed by atoms with Crippen molar-refractivity contribution in [2.24, 2.45) is 5.92 Å². The maximum Gasteiger partial charge on any atom is 0.0993 e. The molecule has 15 heavy (non-hydrogen) atoms. The van der Waals surface area contributed by atoms with E-state index >= 15 is 0 Å². The fourth-order valence-electron chi connectivity index (χ4n) is 1.39. The standard InChI is InChI=1S/C13H18N2/c1-11(2)10-15-13(9-14)8-12-6-4-3-5-7-12/h3-7,11,13,15H,8,10H2,1-2H3. The lowest BCUT2D eigenvalue weighted by molar-refractivity contribution is 0.513. The molecule has 2 nitrogen and oxygen atoms in total. The van der Waals surface area contributed by atoms with Gasteiger partial charge in [-0.2, -0.15) is 5.26 Å². The van der Waals surface area contributed by atoms with E-state index < -0.39 is 0 Å². The Morgan fingerprint density at radius 2 is 1.93 bits per heavy atom. The first kappa shape index (κ1) is 11.7. The van der Waals surface area contributed by atoms with E-state index in [2.05, 4.69) is 37.4 Å². The Morgan fingerprint density at radius 3 is 2.47 bits per heavy atom. The lowest BCUT2D eigenvalue weighted by atomic mass is 10.1. The van der Waals surface area contributed by atoms with Gasteiger partial charge in [0.25, 0.3) is 0 Å². The summed E-state index contributed by atoms with van der Waals surface area (Å²) in [5.74, 6) is 0.580. The second-order valence-electron chi connectivity index (χ2n) is 4.17. The van der Waals surface area contributed by atoms with Gasteiger partial charge in [0, 0.05) is 6.42 Å². The van der Waals surface area contributed by atoms with Crippen molar-refractivity contribution < 1.29 is 0 Å². The summed E-state index contributed by atoms with van der Waals surface area (Å²) in [7, 11) is 0. The van der Waals surface area contributed by atoms with Crippen LogP contribution in [-0.4, -0.2) is 12.6 Å². The van der Waals surface area contributed by atoms with Crippen molar-refractivity contribution >= 4 is 0 Å². The number of benzene rings is 1. The molecule has 0 aliphatic carbocycles. The van der Waals surface area contributed by atoms with Crippen molar-refractivity contribution in [1.82, 2.24) is 5.32 Å². The monoisotopic (exact) mass is 202 g/mol. The minimum absolute atomic E-state index is 0.0743. The maximum atomic E-state index is 8.99. The molecule has 1 unspecified atom stereocenters. The topological polar surface area (TPSA) is 35.8 Å². The quantitative estimate of drug-likeness (QED) is 0.795. The highest BCUT2D eigenvalue weighted by molar-refractivity contribution is 5.17. The molecule has 0 aliphatic heterocycles. The molecule has 0 amide bonds. The van der Waals surface area contributed by atoms with Crippen molar-refractivity contribution in [2.45, 2.75) is 26.3 Å². The van der Waals surface area contributed by atoms with Crippen molar-refractivity contribution in [1.29, 1.82) is 5.26 Å². The van der Waals surface area contributed by atoms with Gasteiger partial charge in [0.2, 0.25) is 0 Å². The van der Waals surface area contributed by atoms with Crippen LogP contribution in [0, 0.1) is 17.2 Å². The predicted molar refractivity (Wildman–Crippen MR) is 62.4 cm³/mol. The molecule has 0 spiro atoms. The molecule has 0 aliphatic rings. The van der Waals surface area contributed by atoms with Crippen LogP contribution >= 0.6 is 0 Å². The van der Waals surface area contributed by atoms with Gasteiger partial charge in [-0.05, 0) is 18.0 Å². The highest BCUT2D eigenvalue weighted by Gasteiger charge is 2.07. The normalized spacial score (nSPS) is 12.4. The second kappa shape index (κ2) is 6.21. The van der Waals surface area contributed by atoms with Crippen LogP contribution in [-0.2, 0) is 6.42 Å². The average molecular weight is 202 g/mol. The summed E-state index contributed by atoms with van der Waals surface area (Å²) in [6, 6.07) is 12.3. The fraction of sp³-hybridized carbons (Fsp3) is 0.462. The summed E-state index contributed by atoms with van der Waals surface area (Å²) in [4.78, 5) is 0. The van der Waals surface area contributed by atoms with E-state index in [1.54, 1.807) is 0 Å². The zero-order valence-corrected chi connectivity index (χ0v) is 9.40. The zero-order chi connectivity index (χ0) is 11.1. The average Bonchev–Trinajstić information content (AvgIpc) is 2.25. The largest absolute Gasteiger partial charge is 0.301 e. The van der Waals surface area contributed by atoms with Crippen LogP contribution < -0.4 is 5.32 Å². The predicted octanol–water partition coefficient (Wildman–Crippen LogP) is 2.37. The van der Waals surface area contributed by atoms with Gasteiger partial charge in [-0.3, -0.25) is 0 Å². The first-order chi connectivity index (χ1) is 7.22. The Morgan fingerprint density at radius 1 is 1.27 bits per heavy atom. The van der Waals surface area contributed by atoms with Crippen LogP contribution in [0.15, 0.2) is 30.3 Å².